The van der Waals surface area contributed by atoms with Crippen molar-refractivity contribution in [2.45, 2.75) is 83.9 Å². The summed E-state index contributed by atoms with van der Waals surface area (Å²) in [5.41, 5.74) is -0.824. The van der Waals surface area contributed by atoms with Gasteiger partial charge in [-0.1, -0.05) is 20.8 Å². The van der Waals surface area contributed by atoms with Crippen LogP contribution in [0.15, 0.2) is 0 Å². The summed E-state index contributed by atoms with van der Waals surface area (Å²) in [6.45, 7) is 9.96. The number of aliphatic hydroxyl groups is 1. The van der Waals surface area contributed by atoms with E-state index in [1.54, 1.807) is 0 Å². The zero-order valence-electron chi connectivity index (χ0n) is 15.3. The Kier molecular flexibility index (Phi) is 5.44. The molecule has 2 aliphatic rings. The Morgan fingerprint density at radius 2 is 2.00 bits per heavy atom. The first kappa shape index (κ1) is 18.7. The van der Waals surface area contributed by atoms with Crippen molar-refractivity contribution in [1.29, 1.82) is 0 Å². The van der Waals surface area contributed by atoms with Gasteiger partial charge in [0.15, 0.2) is 5.79 Å². The molecule has 0 aliphatic carbocycles. The lowest BCUT2D eigenvalue weighted by molar-refractivity contribution is -0.372. The molecule has 5 nitrogen and oxygen atoms in total. The second kappa shape index (κ2) is 6.69. The van der Waals surface area contributed by atoms with Gasteiger partial charge in [0, 0.05) is 12.3 Å². The lowest BCUT2D eigenvalue weighted by atomic mass is 9.75. The molecule has 23 heavy (non-hydrogen) atoms. The van der Waals surface area contributed by atoms with Crippen LogP contribution in [0.3, 0.4) is 0 Å². The number of methoxy groups -OCH3 is 1. The first-order valence-electron chi connectivity index (χ1n) is 8.82. The number of ether oxygens (including phenoxy) is 3. The van der Waals surface area contributed by atoms with Crippen LogP contribution in [-0.4, -0.2) is 41.8 Å². The van der Waals surface area contributed by atoms with Gasteiger partial charge in [0.25, 0.3) is 0 Å². The van der Waals surface area contributed by atoms with Crippen molar-refractivity contribution in [2.24, 2.45) is 17.8 Å². The van der Waals surface area contributed by atoms with Gasteiger partial charge in [0.2, 0.25) is 0 Å². The van der Waals surface area contributed by atoms with E-state index in [0.717, 1.165) is 12.8 Å². The minimum atomic E-state index is -0.824. The Morgan fingerprint density at radius 3 is 2.57 bits per heavy atom. The minimum absolute atomic E-state index is 0.223. The molecule has 0 bridgehead atoms. The van der Waals surface area contributed by atoms with Gasteiger partial charge >= 0.3 is 5.97 Å². The van der Waals surface area contributed by atoms with Crippen molar-refractivity contribution >= 4 is 5.97 Å². The third-order valence-electron chi connectivity index (χ3n) is 5.82. The minimum Gasteiger partial charge on any atom is -0.469 e. The molecule has 2 fully saturated rings. The van der Waals surface area contributed by atoms with Gasteiger partial charge in [-0.15, -0.1) is 0 Å². The van der Waals surface area contributed by atoms with E-state index in [9.17, 15) is 9.90 Å². The van der Waals surface area contributed by atoms with Crippen LogP contribution in [0, 0.1) is 17.8 Å². The van der Waals surface area contributed by atoms with E-state index in [1.165, 1.54) is 7.11 Å². The molecule has 0 aromatic carbocycles. The molecule has 0 saturated carbocycles. The van der Waals surface area contributed by atoms with E-state index in [-0.39, 0.29) is 35.9 Å². The largest absolute Gasteiger partial charge is 0.469 e. The highest BCUT2D eigenvalue weighted by Gasteiger charge is 2.55. The van der Waals surface area contributed by atoms with Crippen molar-refractivity contribution in [3.8, 4) is 0 Å². The molecule has 2 heterocycles. The fourth-order valence-corrected chi connectivity index (χ4v) is 4.24. The zero-order valence-corrected chi connectivity index (χ0v) is 15.3. The quantitative estimate of drug-likeness (QED) is 0.807. The predicted octanol–water partition coefficient (Wildman–Crippen LogP) is 2.89. The molecule has 0 aromatic heterocycles. The van der Waals surface area contributed by atoms with Crippen LogP contribution in [0.1, 0.15) is 60.3 Å². The van der Waals surface area contributed by atoms with Crippen LogP contribution < -0.4 is 0 Å². The summed E-state index contributed by atoms with van der Waals surface area (Å²) in [6.07, 6.45) is 2.49. The zero-order chi connectivity index (χ0) is 17.4. The predicted molar refractivity (Wildman–Crippen MR) is 86.8 cm³/mol. The molecule has 0 amide bonds. The molecule has 1 N–H and O–H groups in total. The molecule has 2 rings (SSSR count). The first-order valence-corrected chi connectivity index (χ1v) is 8.82. The Balaban J connectivity index is 2.22. The Morgan fingerprint density at radius 1 is 1.35 bits per heavy atom. The van der Waals surface area contributed by atoms with Gasteiger partial charge in [-0.25, -0.2) is 0 Å². The Bertz CT molecular complexity index is 435. The van der Waals surface area contributed by atoms with Gasteiger partial charge in [-0.05, 0) is 39.0 Å². The Labute approximate surface area is 139 Å². The number of carbonyl (C=O) groups is 1. The number of rotatable bonds is 3. The summed E-state index contributed by atoms with van der Waals surface area (Å²) < 4.78 is 17.6. The van der Waals surface area contributed by atoms with E-state index in [4.69, 9.17) is 14.2 Å². The first-order chi connectivity index (χ1) is 10.7. The van der Waals surface area contributed by atoms with E-state index >= 15 is 0 Å². The maximum absolute atomic E-state index is 11.9. The summed E-state index contributed by atoms with van der Waals surface area (Å²) in [7, 11) is 1.41. The molecule has 2 aliphatic heterocycles. The number of hydrogen-bond acceptors (Lipinski definition) is 5. The lowest BCUT2D eigenvalue weighted by Crippen LogP contribution is -2.61. The monoisotopic (exact) mass is 328 g/mol. The van der Waals surface area contributed by atoms with Crippen molar-refractivity contribution in [2.75, 3.05) is 7.11 Å². The van der Waals surface area contributed by atoms with E-state index in [1.807, 2.05) is 20.8 Å². The standard InChI is InChI=1S/C18H32O5/c1-7-14-17(5,20)8-9-18(22-14)12(3)10-11(2)15(23-18)13(4)16(19)21-6/h11-15,20H,7-10H2,1-6H3/t11-,12+,13+,14+,15-,17-,18-/m0/s1. The average molecular weight is 328 g/mol. The van der Waals surface area contributed by atoms with Crippen LogP contribution >= 0.6 is 0 Å². The van der Waals surface area contributed by atoms with Crippen LogP contribution in [0.5, 0.6) is 0 Å². The van der Waals surface area contributed by atoms with Gasteiger partial charge < -0.3 is 19.3 Å². The SMILES string of the molecule is CC[C@H]1O[C@@]2(CC[C@]1(C)O)O[C@H]([C@@H](C)C(=O)OC)[C@@H](C)C[C@H]2C. The van der Waals surface area contributed by atoms with Gasteiger partial charge in [0.1, 0.15) is 0 Å². The fourth-order valence-electron chi connectivity index (χ4n) is 4.24. The molecule has 0 aromatic rings. The lowest BCUT2D eigenvalue weighted by Gasteiger charge is -2.55. The maximum atomic E-state index is 11.9. The van der Waals surface area contributed by atoms with Crippen LogP contribution in [0.2, 0.25) is 0 Å². The second-order valence-electron chi connectivity index (χ2n) is 7.69. The Hall–Kier alpha value is -0.650. The van der Waals surface area contributed by atoms with E-state index in [2.05, 4.69) is 13.8 Å². The van der Waals surface area contributed by atoms with Crippen molar-refractivity contribution in [3.63, 3.8) is 0 Å². The maximum Gasteiger partial charge on any atom is 0.311 e. The molecule has 7 atom stereocenters. The van der Waals surface area contributed by atoms with Crippen molar-refractivity contribution in [3.05, 3.63) is 0 Å². The summed E-state index contributed by atoms with van der Waals surface area (Å²) in [4.78, 5) is 11.9. The molecule has 0 radical (unpaired) electrons. The topological polar surface area (TPSA) is 65.0 Å². The van der Waals surface area contributed by atoms with E-state index in [0.29, 0.717) is 12.8 Å². The third kappa shape index (κ3) is 3.42. The second-order valence-corrected chi connectivity index (χ2v) is 7.69. The number of hydrogen-bond donors (Lipinski definition) is 1. The molecule has 5 heteroatoms. The third-order valence-corrected chi connectivity index (χ3v) is 5.82. The molecule has 134 valence electrons. The van der Waals surface area contributed by atoms with E-state index < -0.39 is 11.4 Å². The van der Waals surface area contributed by atoms with Gasteiger partial charge in [0.05, 0.1) is 30.8 Å². The van der Waals surface area contributed by atoms with Gasteiger partial charge in [-0.2, -0.15) is 0 Å². The highest BCUT2D eigenvalue weighted by Crippen LogP contribution is 2.48. The van der Waals surface area contributed by atoms with Crippen LogP contribution in [0.25, 0.3) is 0 Å². The van der Waals surface area contributed by atoms with Crippen LogP contribution in [-0.2, 0) is 19.0 Å². The highest BCUT2D eigenvalue weighted by atomic mass is 16.7. The molecular formula is C18H32O5. The van der Waals surface area contributed by atoms with Crippen molar-refractivity contribution < 1.29 is 24.1 Å². The summed E-state index contributed by atoms with van der Waals surface area (Å²) in [5, 5.41) is 10.5. The fraction of sp³-hybridized carbons (Fsp3) is 0.944. The molecular weight excluding hydrogens is 296 g/mol. The molecule has 1 spiro atoms. The number of carbonyl (C=O) groups excluding carboxylic acids is 1. The smallest absolute Gasteiger partial charge is 0.311 e. The average Bonchev–Trinajstić information content (AvgIpc) is 2.51. The van der Waals surface area contributed by atoms with Crippen LogP contribution in [0.4, 0.5) is 0 Å². The van der Waals surface area contributed by atoms with Crippen molar-refractivity contribution in [1.82, 2.24) is 0 Å². The summed E-state index contributed by atoms with van der Waals surface area (Å²) in [6, 6.07) is 0. The molecule has 0 unspecified atom stereocenters. The summed E-state index contributed by atoms with van der Waals surface area (Å²) in [5.74, 6) is -0.797. The number of esters is 1. The highest BCUT2D eigenvalue weighted by molar-refractivity contribution is 5.72. The normalized spacial score (nSPS) is 45.7. The summed E-state index contributed by atoms with van der Waals surface area (Å²) >= 11 is 0. The molecule has 2 saturated heterocycles. The van der Waals surface area contributed by atoms with Gasteiger partial charge in [-0.3, -0.25) is 4.79 Å².